The van der Waals surface area contributed by atoms with E-state index in [1.807, 2.05) is 24.3 Å². The molecule has 3 unspecified atom stereocenters. The van der Waals surface area contributed by atoms with E-state index < -0.39 is 0 Å². The highest BCUT2D eigenvalue weighted by molar-refractivity contribution is 6.18. The van der Waals surface area contributed by atoms with E-state index in [0.717, 1.165) is 91.9 Å². The van der Waals surface area contributed by atoms with Crippen molar-refractivity contribution in [1.29, 1.82) is 0 Å². The van der Waals surface area contributed by atoms with Crippen molar-refractivity contribution >= 4 is 33.4 Å². The molecular weight excluding hydrogens is 506 g/mol. The Kier molecular flexibility index (Phi) is 6.65. The van der Waals surface area contributed by atoms with Crippen molar-refractivity contribution in [1.82, 2.24) is 14.7 Å². The molecule has 0 aromatic heterocycles. The summed E-state index contributed by atoms with van der Waals surface area (Å²) in [6, 6.07) is 19.6. The van der Waals surface area contributed by atoms with Crippen molar-refractivity contribution < 1.29 is 9.59 Å². The van der Waals surface area contributed by atoms with Crippen LogP contribution in [0.15, 0.2) is 54.6 Å². The van der Waals surface area contributed by atoms with Gasteiger partial charge in [-0.2, -0.15) is 0 Å². The molecular formula is C36H45N3O2. The first kappa shape index (κ1) is 26.9. The Morgan fingerprint density at radius 3 is 2.15 bits per heavy atom. The lowest BCUT2D eigenvalue weighted by Gasteiger charge is -2.43. The molecule has 216 valence electrons. The van der Waals surface area contributed by atoms with E-state index in [-0.39, 0.29) is 17.2 Å². The summed E-state index contributed by atoms with van der Waals surface area (Å²) in [4.78, 5) is 34.9. The maximum absolute atomic E-state index is 14.0. The molecule has 2 bridgehead atoms. The standard InChI is InChI=1S/C36H45N3O2/c1-35(2)20-29-21-36(3,23-35)24-39(29)33(40)27-11-8-16-38(22-27)28-14-17-37(18-15-28)34(41)32-30-12-6-4-9-25(30)19-26-10-5-7-13-31(26)32/h4-7,9-10,12-13,19,27-29H,8,11,14-18,20-24H2,1-3H3. The number of carbonyl (C=O) groups is 2. The Hall–Kier alpha value is -2.92. The van der Waals surface area contributed by atoms with Gasteiger partial charge in [-0.05, 0) is 89.9 Å². The first-order valence-corrected chi connectivity index (χ1v) is 15.9. The van der Waals surface area contributed by atoms with Gasteiger partial charge < -0.3 is 9.80 Å². The minimum absolute atomic E-state index is 0.122. The number of carbonyl (C=O) groups excluding carboxylic acids is 2. The number of hydrogen-bond donors (Lipinski definition) is 0. The molecule has 3 saturated heterocycles. The van der Waals surface area contributed by atoms with E-state index >= 15 is 0 Å². The van der Waals surface area contributed by atoms with Gasteiger partial charge in [0, 0.05) is 38.3 Å². The largest absolute Gasteiger partial charge is 0.339 e. The van der Waals surface area contributed by atoms with Crippen LogP contribution in [0, 0.1) is 16.7 Å². The molecule has 0 spiro atoms. The van der Waals surface area contributed by atoms with Gasteiger partial charge in [-0.1, -0.05) is 69.3 Å². The Bertz CT molecular complexity index is 1430. The summed E-state index contributed by atoms with van der Waals surface area (Å²) in [6.45, 7) is 11.6. The molecule has 0 N–H and O–H groups in total. The number of amides is 2. The Balaban J connectivity index is 1.03. The molecule has 7 rings (SSSR count). The number of piperidine rings is 2. The highest BCUT2D eigenvalue weighted by Gasteiger charge is 2.52. The average molecular weight is 552 g/mol. The molecule has 4 fully saturated rings. The molecule has 3 atom stereocenters. The Morgan fingerprint density at radius 1 is 0.805 bits per heavy atom. The molecule has 2 amide bonds. The first-order chi connectivity index (χ1) is 19.7. The van der Waals surface area contributed by atoms with Crippen LogP contribution in [-0.2, 0) is 4.79 Å². The predicted octanol–water partition coefficient (Wildman–Crippen LogP) is 6.74. The maximum atomic E-state index is 14.0. The van der Waals surface area contributed by atoms with Crippen molar-refractivity contribution in [3.8, 4) is 0 Å². The van der Waals surface area contributed by atoms with Crippen LogP contribution >= 0.6 is 0 Å². The second-order valence-electron chi connectivity index (χ2n) is 14.7. The lowest BCUT2D eigenvalue weighted by molar-refractivity contribution is -0.139. The fourth-order valence-electron chi connectivity index (χ4n) is 9.33. The zero-order valence-electron chi connectivity index (χ0n) is 25.1. The summed E-state index contributed by atoms with van der Waals surface area (Å²) in [5.41, 5.74) is 1.45. The average Bonchev–Trinajstić information content (AvgIpc) is 3.23. The fraction of sp³-hybridized carbons (Fsp3) is 0.556. The summed E-state index contributed by atoms with van der Waals surface area (Å²) in [7, 11) is 0. The monoisotopic (exact) mass is 551 g/mol. The molecule has 3 aromatic rings. The van der Waals surface area contributed by atoms with Gasteiger partial charge in [-0.3, -0.25) is 14.5 Å². The summed E-state index contributed by atoms with van der Waals surface area (Å²) in [5, 5.41) is 4.32. The van der Waals surface area contributed by atoms with Crippen LogP contribution in [0.5, 0.6) is 0 Å². The number of fused-ring (bicyclic) bond motifs is 4. The van der Waals surface area contributed by atoms with Crippen LogP contribution in [0.3, 0.4) is 0 Å². The van der Waals surface area contributed by atoms with Crippen molar-refractivity contribution in [2.75, 3.05) is 32.7 Å². The van der Waals surface area contributed by atoms with Crippen molar-refractivity contribution in [2.45, 2.75) is 77.8 Å². The zero-order valence-corrected chi connectivity index (χ0v) is 25.1. The summed E-state index contributed by atoms with van der Waals surface area (Å²) in [5.74, 6) is 0.688. The Morgan fingerprint density at radius 2 is 1.46 bits per heavy atom. The Labute approximate surface area is 244 Å². The highest BCUT2D eigenvalue weighted by atomic mass is 16.2. The van der Waals surface area contributed by atoms with Gasteiger partial charge in [-0.25, -0.2) is 0 Å². The minimum atomic E-state index is 0.122. The molecule has 3 aliphatic heterocycles. The molecule has 4 aliphatic rings. The van der Waals surface area contributed by atoms with E-state index in [1.54, 1.807) is 0 Å². The summed E-state index contributed by atoms with van der Waals surface area (Å²) in [6.07, 6.45) is 7.62. The number of hydrogen-bond acceptors (Lipinski definition) is 3. The van der Waals surface area contributed by atoms with E-state index in [2.05, 4.69) is 65.8 Å². The lowest BCUT2D eigenvalue weighted by atomic mass is 9.65. The van der Waals surface area contributed by atoms with E-state index in [4.69, 9.17) is 0 Å². The third-order valence-corrected chi connectivity index (χ3v) is 10.8. The predicted molar refractivity (Wildman–Crippen MR) is 166 cm³/mol. The molecule has 3 heterocycles. The smallest absolute Gasteiger partial charge is 0.255 e. The quantitative estimate of drug-likeness (QED) is 0.339. The van der Waals surface area contributed by atoms with Crippen LogP contribution in [0.2, 0.25) is 0 Å². The van der Waals surface area contributed by atoms with Crippen LogP contribution in [0.4, 0.5) is 0 Å². The van der Waals surface area contributed by atoms with Crippen molar-refractivity contribution in [2.24, 2.45) is 16.7 Å². The maximum Gasteiger partial charge on any atom is 0.255 e. The van der Waals surface area contributed by atoms with Crippen LogP contribution < -0.4 is 0 Å². The first-order valence-electron chi connectivity index (χ1n) is 15.9. The third-order valence-electron chi connectivity index (χ3n) is 10.8. The fourth-order valence-corrected chi connectivity index (χ4v) is 9.33. The molecule has 41 heavy (non-hydrogen) atoms. The van der Waals surface area contributed by atoms with Gasteiger partial charge in [0.05, 0.1) is 11.5 Å². The van der Waals surface area contributed by atoms with E-state index in [1.165, 1.54) is 12.8 Å². The number of nitrogens with zero attached hydrogens (tertiary/aromatic N) is 3. The molecule has 0 radical (unpaired) electrons. The third kappa shape index (κ3) is 4.94. The lowest BCUT2D eigenvalue weighted by Crippen LogP contribution is -2.52. The molecule has 1 aliphatic carbocycles. The van der Waals surface area contributed by atoms with Crippen molar-refractivity contribution in [3.05, 3.63) is 60.2 Å². The SMILES string of the molecule is CC1(C)CC2CC(C)(CN2C(=O)C2CCCN(C3CCN(C(=O)c4c5ccccc5cc5ccccc45)CC3)C2)C1. The van der Waals surface area contributed by atoms with Gasteiger partial charge in [0.15, 0.2) is 0 Å². The molecule has 3 aromatic carbocycles. The van der Waals surface area contributed by atoms with Crippen molar-refractivity contribution in [3.63, 3.8) is 0 Å². The normalized spacial score (nSPS) is 28.9. The van der Waals surface area contributed by atoms with E-state index in [9.17, 15) is 9.59 Å². The van der Waals surface area contributed by atoms with Crippen LogP contribution in [0.1, 0.15) is 76.1 Å². The van der Waals surface area contributed by atoms with Gasteiger partial charge in [0.25, 0.3) is 5.91 Å². The van der Waals surface area contributed by atoms with Crippen LogP contribution in [0.25, 0.3) is 21.5 Å². The van der Waals surface area contributed by atoms with Gasteiger partial charge in [0.2, 0.25) is 5.91 Å². The summed E-state index contributed by atoms with van der Waals surface area (Å²) < 4.78 is 0. The second kappa shape index (κ2) is 10.1. The van der Waals surface area contributed by atoms with Gasteiger partial charge >= 0.3 is 0 Å². The zero-order chi connectivity index (χ0) is 28.4. The van der Waals surface area contributed by atoms with Gasteiger partial charge in [-0.15, -0.1) is 0 Å². The number of benzene rings is 3. The second-order valence-corrected chi connectivity index (χ2v) is 14.7. The molecule has 5 nitrogen and oxygen atoms in total. The number of rotatable bonds is 3. The van der Waals surface area contributed by atoms with Crippen LogP contribution in [-0.4, -0.2) is 71.3 Å². The number of likely N-dealkylation sites (tertiary alicyclic amines) is 3. The minimum Gasteiger partial charge on any atom is -0.339 e. The molecule has 5 heteroatoms. The van der Waals surface area contributed by atoms with Gasteiger partial charge in [0.1, 0.15) is 0 Å². The molecule has 1 saturated carbocycles. The highest BCUT2D eigenvalue weighted by Crippen LogP contribution is 2.53. The summed E-state index contributed by atoms with van der Waals surface area (Å²) >= 11 is 0. The van der Waals surface area contributed by atoms with E-state index in [0.29, 0.717) is 23.4 Å². The topological polar surface area (TPSA) is 43.9 Å².